The first kappa shape index (κ1) is 18.7. The minimum absolute atomic E-state index is 0.0655. The summed E-state index contributed by atoms with van der Waals surface area (Å²) in [6.45, 7) is 2.17. The van der Waals surface area contributed by atoms with Gasteiger partial charge in [0.25, 0.3) is 0 Å². The maximum absolute atomic E-state index is 14.1. The van der Waals surface area contributed by atoms with Crippen molar-refractivity contribution in [1.82, 2.24) is 4.90 Å². The first-order chi connectivity index (χ1) is 12.9. The molecular formula is C19H17F3N4O. The van der Waals surface area contributed by atoms with Crippen molar-refractivity contribution in [2.24, 2.45) is 0 Å². The van der Waals surface area contributed by atoms with E-state index in [1.165, 1.54) is 6.07 Å². The summed E-state index contributed by atoms with van der Waals surface area (Å²) in [5.41, 5.74) is 0.754. The zero-order chi connectivity index (χ0) is 19.4. The van der Waals surface area contributed by atoms with E-state index in [1.807, 2.05) is 15.9 Å². The fourth-order valence-electron chi connectivity index (χ4n) is 3.01. The molecule has 0 saturated carbocycles. The number of carbonyl (C=O) groups is 1. The smallest absolute Gasteiger partial charge is 0.238 e. The molecule has 0 aliphatic carbocycles. The fraction of sp³-hybridized carbons (Fsp3) is 0.263. The molecule has 5 nitrogen and oxygen atoms in total. The molecule has 140 valence electrons. The summed E-state index contributed by atoms with van der Waals surface area (Å²) in [5, 5.41) is 11.3. The first-order valence-corrected chi connectivity index (χ1v) is 8.37. The number of nitriles is 1. The Balaban J connectivity index is 1.53. The number of amides is 1. The SMILES string of the molecule is N#Cc1ccc(N2CCN(CC(=O)Nc3cc(F)cc(F)c3)CC2)c(F)c1. The molecule has 1 aliphatic heterocycles. The van der Waals surface area contributed by atoms with Crippen LogP contribution in [-0.2, 0) is 4.79 Å². The van der Waals surface area contributed by atoms with Gasteiger partial charge in [0.1, 0.15) is 17.5 Å². The fourth-order valence-corrected chi connectivity index (χ4v) is 3.01. The van der Waals surface area contributed by atoms with Crippen LogP contribution in [0.25, 0.3) is 0 Å². The molecule has 0 aromatic heterocycles. The van der Waals surface area contributed by atoms with E-state index in [1.54, 1.807) is 12.1 Å². The van der Waals surface area contributed by atoms with Crippen LogP contribution in [0.1, 0.15) is 5.56 Å². The summed E-state index contributed by atoms with van der Waals surface area (Å²) in [7, 11) is 0. The van der Waals surface area contributed by atoms with Gasteiger partial charge in [-0.05, 0) is 30.3 Å². The molecule has 1 heterocycles. The molecule has 0 radical (unpaired) electrons. The minimum atomic E-state index is -0.761. The lowest BCUT2D eigenvalue weighted by Crippen LogP contribution is -2.48. The number of hydrogen-bond donors (Lipinski definition) is 1. The maximum atomic E-state index is 14.1. The molecule has 3 rings (SSSR count). The predicted octanol–water partition coefficient (Wildman–Crippen LogP) is 2.74. The zero-order valence-electron chi connectivity index (χ0n) is 14.4. The van der Waals surface area contributed by atoms with E-state index in [2.05, 4.69) is 5.32 Å². The van der Waals surface area contributed by atoms with Crippen molar-refractivity contribution in [3.63, 3.8) is 0 Å². The lowest BCUT2D eigenvalue weighted by atomic mass is 10.2. The van der Waals surface area contributed by atoms with Crippen LogP contribution in [0.5, 0.6) is 0 Å². The molecule has 1 saturated heterocycles. The number of anilines is 2. The van der Waals surface area contributed by atoms with Crippen LogP contribution in [-0.4, -0.2) is 43.5 Å². The van der Waals surface area contributed by atoms with Crippen molar-refractivity contribution in [3.05, 3.63) is 59.4 Å². The number of nitrogens with one attached hydrogen (secondary N) is 1. The van der Waals surface area contributed by atoms with Gasteiger partial charge in [0.05, 0.1) is 23.9 Å². The summed E-state index contributed by atoms with van der Waals surface area (Å²) in [6, 6.07) is 9.07. The van der Waals surface area contributed by atoms with E-state index < -0.39 is 17.5 Å². The zero-order valence-corrected chi connectivity index (χ0v) is 14.4. The highest BCUT2D eigenvalue weighted by molar-refractivity contribution is 5.92. The second-order valence-corrected chi connectivity index (χ2v) is 6.25. The lowest BCUT2D eigenvalue weighted by molar-refractivity contribution is -0.117. The van der Waals surface area contributed by atoms with E-state index in [0.717, 1.165) is 18.2 Å². The third-order valence-electron chi connectivity index (χ3n) is 4.30. The van der Waals surface area contributed by atoms with Crippen LogP contribution in [0.15, 0.2) is 36.4 Å². The molecule has 0 bridgehead atoms. The number of piperazine rings is 1. The third-order valence-corrected chi connectivity index (χ3v) is 4.30. The maximum Gasteiger partial charge on any atom is 0.238 e. The molecule has 1 fully saturated rings. The van der Waals surface area contributed by atoms with Gasteiger partial charge in [0.15, 0.2) is 0 Å². The Bertz CT molecular complexity index is 869. The van der Waals surface area contributed by atoms with Crippen LogP contribution < -0.4 is 10.2 Å². The Kier molecular flexibility index (Phi) is 5.62. The molecule has 1 amide bonds. The molecule has 8 heteroatoms. The highest BCUT2D eigenvalue weighted by Crippen LogP contribution is 2.22. The van der Waals surface area contributed by atoms with Gasteiger partial charge in [-0.1, -0.05) is 0 Å². The van der Waals surface area contributed by atoms with Gasteiger partial charge in [0, 0.05) is 37.9 Å². The Labute approximate surface area is 154 Å². The van der Waals surface area contributed by atoms with E-state index in [-0.39, 0.29) is 23.7 Å². The van der Waals surface area contributed by atoms with Crippen molar-refractivity contribution in [1.29, 1.82) is 5.26 Å². The number of carbonyl (C=O) groups excluding carboxylic acids is 1. The van der Waals surface area contributed by atoms with E-state index in [0.29, 0.717) is 31.9 Å². The van der Waals surface area contributed by atoms with E-state index in [4.69, 9.17) is 5.26 Å². The normalized spacial score (nSPS) is 14.7. The highest BCUT2D eigenvalue weighted by atomic mass is 19.1. The number of hydrogen-bond acceptors (Lipinski definition) is 4. The van der Waals surface area contributed by atoms with Gasteiger partial charge in [-0.25, -0.2) is 13.2 Å². The second kappa shape index (κ2) is 8.10. The molecule has 1 N–H and O–H groups in total. The minimum Gasteiger partial charge on any atom is -0.367 e. The van der Waals surface area contributed by atoms with Gasteiger partial charge in [-0.15, -0.1) is 0 Å². The number of benzene rings is 2. The van der Waals surface area contributed by atoms with Gasteiger partial charge >= 0.3 is 0 Å². The van der Waals surface area contributed by atoms with Gasteiger partial charge < -0.3 is 10.2 Å². The van der Waals surface area contributed by atoms with E-state index >= 15 is 0 Å². The predicted molar refractivity (Wildman–Crippen MR) is 94.8 cm³/mol. The van der Waals surface area contributed by atoms with Crippen molar-refractivity contribution in [2.45, 2.75) is 0 Å². The van der Waals surface area contributed by atoms with Crippen LogP contribution in [0.4, 0.5) is 24.5 Å². The largest absolute Gasteiger partial charge is 0.367 e. The van der Waals surface area contributed by atoms with Gasteiger partial charge in [-0.3, -0.25) is 9.69 Å². The topological polar surface area (TPSA) is 59.4 Å². The van der Waals surface area contributed by atoms with Crippen LogP contribution in [0, 0.1) is 28.8 Å². The molecule has 2 aromatic rings. The molecule has 0 unspecified atom stereocenters. The van der Waals surface area contributed by atoms with Crippen molar-refractivity contribution in [3.8, 4) is 6.07 Å². The van der Waals surface area contributed by atoms with Crippen molar-refractivity contribution >= 4 is 17.3 Å². The Morgan fingerprint density at radius 1 is 1.04 bits per heavy atom. The average Bonchev–Trinajstić information content (AvgIpc) is 2.61. The third kappa shape index (κ3) is 4.77. The Hall–Kier alpha value is -3.05. The molecule has 2 aromatic carbocycles. The molecule has 0 atom stereocenters. The van der Waals surface area contributed by atoms with Crippen LogP contribution in [0.2, 0.25) is 0 Å². The van der Waals surface area contributed by atoms with Crippen LogP contribution in [0.3, 0.4) is 0 Å². The second-order valence-electron chi connectivity index (χ2n) is 6.25. The summed E-state index contributed by atoms with van der Waals surface area (Å²) < 4.78 is 40.4. The molecule has 27 heavy (non-hydrogen) atoms. The first-order valence-electron chi connectivity index (χ1n) is 8.37. The molecule has 1 aliphatic rings. The summed E-state index contributed by atoms with van der Waals surface area (Å²) in [6.07, 6.45) is 0. The number of rotatable bonds is 4. The number of halogens is 3. The van der Waals surface area contributed by atoms with Gasteiger partial charge in [-0.2, -0.15) is 5.26 Å². The molecular weight excluding hydrogens is 357 g/mol. The average molecular weight is 374 g/mol. The summed E-state index contributed by atoms with van der Waals surface area (Å²) in [4.78, 5) is 15.8. The lowest BCUT2D eigenvalue weighted by Gasteiger charge is -2.35. The molecule has 0 spiro atoms. The van der Waals surface area contributed by atoms with Gasteiger partial charge in [0.2, 0.25) is 5.91 Å². The van der Waals surface area contributed by atoms with E-state index in [9.17, 15) is 18.0 Å². The standard InChI is InChI=1S/C19H17F3N4O/c20-14-8-15(21)10-16(9-14)24-19(27)12-25-3-5-26(6-4-25)18-2-1-13(11-23)7-17(18)22/h1-2,7-10H,3-6,12H2,(H,24,27). The summed E-state index contributed by atoms with van der Waals surface area (Å²) >= 11 is 0. The Morgan fingerprint density at radius 3 is 2.30 bits per heavy atom. The highest BCUT2D eigenvalue weighted by Gasteiger charge is 2.21. The summed E-state index contributed by atoms with van der Waals surface area (Å²) in [5.74, 6) is -2.35. The Morgan fingerprint density at radius 2 is 1.70 bits per heavy atom. The number of nitrogens with zero attached hydrogens (tertiary/aromatic N) is 3. The van der Waals surface area contributed by atoms with Crippen molar-refractivity contribution in [2.75, 3.05) is 42.9 Å². The monoisotopic (exact) mass is 374 g/mol. The quantitative estimate of drug-likeness (QED) is 0.894. The van der Waals surface area contributed by atoms with Crippen molar-refractivity contribution < 1.29 is 18.0 Å². The van der Waals surface area contributed by atoms with Crippen LogP contribution >= 0.6 is 0 Å².